The second-order valence-electron chi connectivity index (χ2n) is 18.7. The SMILES string of the molecule is C=CC(=O)Nc1cccc(Nc2nc(Nc3ccc(Oc4cccc(C(=O)N(C)CCOCCNC(=O)CCCC(=O)NCCCOCCOCCOCCCNC(=O)CCCC[C@@H]5SC[C@@H]6NC(=O)N[C@@H]65)c4)cc3)ncc2F)c1. The topological polar surface area (TPSA) is 274 Å². The first-order valence-corrected chi connectivity index (χ1v) is 28.0. The number of thioether (sulfide) groups is 1. The molecule has 2 aliphatic heterocycles. The molecule has 0 aliphatic carbocycles. The molecule has 0 unspecified atom stereocenters. The van der Waals surface area contributed by atoms with Crippen LogP contribution in [-0.4, -0.2) is 160 Å². The van der Waals surface area contributed by atoms with Gasteiger partial charge in [-0.05, 0) is 98.8 Å². The van der Waals surface area contributed by atoms with E-state index in [1.54, 1.807) is 79.8 Å². The van der Waals surface area contributed by atoms with E-state index in [0.717, 1.165) is 43.7 Å². The van der Waals surface area contributed by atoms with E-state index in [1.165, 1.54) is 4.90 Å². The van der Waals surface area contributed by atoms with Crippen LogP contribution in [0.1, 0.15) is 68.1 Å². The second-order valence-corrected chi connectivity index (χ2v) is 20.0. The normalized spacial score (nSPS) is 15.2. The number of hydrogen-bond donors (Lipinski definition) is 8. The molecule has 432 valence electrons. The molecule has 6 rings (SSSR count). The number of aromatic nitrogens is 2. The van der Waals surface area contributed by atoms with Gasteiger partial charge in [-0.2, -0.15) is 16.7 Å². The van der Waals surface area contributed by atoms with E-state index in [1.807, 2.05) is 11.8 Å². The highest BCUT2D eigenvalue weighted by Gasteiger charge is 2.42. The van der Waals surface area contributed by atoms with Crippen LogP contribution in [0.2, 0.25) is 0 Å². The van der Waals surface area contributed by atoms with E-state index in [-0.39, 0.29) is 85.5 Å². The number of fused-ring (bicyclic) bond motifs is 1. The largest absolute Gasteiger partial charge is 0.457 e. The van der Waals surface area contributed by atoms with Crippen molar-refractivity contribution in [2.24, 2.45) is 0 Å². The maximum atomic E-state index is 14.6. The maximum Gasteiger partial charge on any atom is 0.315 e. The molecule has 0 radical (unpaired) electrons. The Morgan fingerprint density at radius 1 is 0.713 bits per heavy atom. The molecule has 3 heterocycles. The summed E-state index contributed by atoms with van der Waals surface area (Å²) in [5, 5.41) is 23.5. The summed E-state index contributed by atoms with van der Waals surface area (Å²) in [4.78, 5) is 82.9. The number of carbonyl (C=O) groups is 6. The smallest absolute Gasteiger partial charge is 0.315 e. The van der Waals surface area contributed by atoms with Gasteiger partial charge in [-0.3, -0.25) is 24.0 Å². The lowest BCUT2D eigenvalue weighted by molar-refractivity contribution is -0.123. The van der Waals surface area contributed by atoms with Crippen LogP contribution in [0.25, 0.3) is 0 Å². The number of benzene rings is 3. The Kier molecular flexibility index (Phi) is 26.7. The molecule has 7 amide bonds. The van der Waals surface area contributed by atoms with E-state index in [9.17, 15) is 33.2 Å². The molecular weight excluding hydrogens is 1050 g/mol. The number of urea groups is 1. The van der Waals surface area contributed by atoms with Crippen molar-refractivity contribution in [1.29, 1.82) is 0 Å². The summed E-state index contributed by atoms with van der Waals surface area (Å²) in [6.45, 7) is 8.37. The fourth-order valence-corrected chi connectivity index (χ4v) is 9.81. The first-order chi connectivity index (χ1) is 38.9. The van der Waals surface area contributed by atoms with Gasteiger partial charge in [0.15, 0.2) is 11.6 Å². The highest BCUT2D eigenvalue weighted by Crippen LogP contribution is 2.33. The average Bonchev–Trinajstić information content (AvgIpc) is 4.04. The zero-order valence-electron chi connectivity index (χ0n) is 45.2. The van der Waals surface area contributed by atoms with Gasteiger partial charge in [-0.1, -0.05) is 25.1 Å². The summed E-state index contributed by atoms with van der Waals surface area (Å²) in [6.07, 6.45) is 7.71. The van der Waals surface area contributed by atoms with Crippen LogP contribution < -0.4 is 47.3 Å². The molecule has 2 aliphatic rings. The summed E-state index contributed by atoms with van der Waals surface area (Å²) < 4.78 is 43.0. The number of rotatable bonds is 38. The molecule has 1 aromatic heterocycles. The zero-order valence-corrected chi connectivity index (χ0v) is 46.0. The van der Waals surface area contributed by atoms with Gasteiger partial charge in [-0.15, -0.1) is 0 Å². The van der Waals surface area contributed by atoms with Gasteiger partial charge < -0.3 is 71.1 Å². The van der Waals surface area contributed by atoms with Gasteiger partial charge in [-0.25, -0.2) is 14.2 Å². The van der Waals surface area contributed by atoms with Gasteiger partial charge in [0.05, 0.1) is 57.9 Å². The third-order valence-corrected chi connectivity index (χ3v) is 14.0. The van der Waals surface area contributed by atoms with Crippen molar-refractivity contribution in [3.05, 3.63) is 103 Å². The minimum absolute atomic E-state index is 0.0529. The standard InChI is InChI=1S/C56H74FN11O11S/c1-3-48(69)62-41-12-7-13-42(36-41)63-53-45(57)37-61-55(67-53)64-40-19-21-43(22-20-40)79-44-14-6-11-39(35-44)54(73)68(2)26-30-77-29-25-60-51(72)18-8-17-50(71)59-24-10-28-76-32-34-78-33-31-75-27-9-23-58-49(70)16-5-4-15-47-52-46(38-80-47)65-56(74)66-52/h3,6-7,11-14,19-22,35-37,46-47,52H,1,4-5,8-10,15-18,23-34,38H2,2H3,(H,58,70)(H,59,71)(H,60,72)(H,62,69)(H2,65,66,74)(H2,61,63,64,67)/t46-,47-,52-/m0/s1. The molecule has 8 N–H and O–H groups in total. The molecule has 3 aromatic carbocycles. The van der Waals surface area contributed by atoms with Crippen molar-refractivity contribution in [1.82, 2.24) is 41.5 Å². The van der Waals surface area contributed by atoms with Crippen LogP contribution in [0.5, 0.6) is 11.5 Å². The van der Waals surface area contributed by atoms with Gasteiger partial charge >= 0.3 is 6.03 Å². The van der Waals surface area contributed by atoms with E-state index in [4.69, 9.17) is 23.7 Å². The van der Waals surface area contributed by atoms with Gasteiger partial charge in [0.2, 0.25) is 29.6 Å². The summed E-state index contributed by atoms with van der Waals surface area (Å²) in [5.41, 5.74) is 2.02. The van der Waals surface area contributed by atoms with Crippen LogP contribution in [0.3, 0.4) is 0 Å². The summed E-state index contributed by atoms with van der Waals surface area (Å²) >= 11 is 1.89. The van der Waals surface area contributed by atoms with E-state index < -0.39 is 5.82 Å². The summed E-state index contributed by atoms with van der Waals surface area (Å²) in [7, 11) is 1.67. The second kappa shape index (κ2) is 34.6. The van der Waals surface area contributed by atoms with Gasteiger partial charge in [0, 0.05) is 99.3 Å². The lowest BCUT2D eigenvalue weighted by Gasteiger charge is -2.18. The molecule has 4 aromatic rings. The summed E-state index contributed by atoms with van der Waals surface area (Å²) in [6, 6.07) is 20.8. The molecule has 0 spiro atoms. The molecule has 2 saturated heterocycles. The lowest BCUT2D eigenvalue weighted by atomic mass is 10.0. The number of nitrogens with one attached hydrogen (secondary N) is 8. The van der Waals surface area contributed by atoms with Crippen LogP contribution in [0.4, 0.5) is 38.0 Å². The third kappa shape index (κ3) is 22.8. The number of amides is 7. The number of ether oxygens (including phenoxy) is 5. The van der Waals surface area contributed by atoms with Crippen LogP contribution in [0, 0.1) is 5.82 Å². The number of carbonyl (C=O) groups excluding carboxylic acids is 6. The Morgan fingerprint density at radius 3 is 2.08 bits per heavy atom. The lowest BCUT2D eigenvalue weighted by Crippen LogP contribution is -2.36. The highest BCUT2D eigenvalue weighted by molar-refractivity contribution is 8.00. The van der Waals surface area contributed by atoms with Crippen LogP contribution in [-0.2, 0) is 38.1 Å². The quantitative estimate of drug-likeness (QED) is 0.0141. The minimum atomic E-state index is -0.674. The molecule has 3 atom stereocenters. The number of likely N-dealkylation sites (N-methyl/N-ethyl adjacent to an activating group) is 1. The maximum absolute atomic E-state index is 14.6. The fourth-order valence-electron chi connectivity index (χ4n) is 8.27. The average molecular weight is 1130 g/mol. The van der Waals surface area contributed by atoms with Crippen molar-refractivity contribution in [2.45, 2.75) is 75.1 Å². The Balaban J connectivity index is 0.704. The number of anilines is 5. The first kappa shape index (κ1) is 61.8. The minimum Gasteiger partial charge on any atom is -0.457 e. The monoisotopic (exact) mass is 1130 g/mol. The Morgan fingerprint density at radius 2 is 1.36 bits per heavy atom. The Bertz CT molecular complexity index is 2640. The molecular formula is C56H74FN11O11S. The highest BCUT2D eigenvalue weighted by atomic mass is 32.2. The van der Waals surface area contributed by atoms with Crippen molar-refractivity contribution in [3.63, 3.8) is 0 Å². The fraction of sp³-hybridized carbons (Fsp3) is 0.464. The van der Waals surface area contributed by atoms with Crippen LogP contribution >= 0.6 is 11.8 Å². The predicted molar refractivity (Wildman–Crippen MR) is 303 cm³/mol. The molecule has 22 nitrogen and oxygen atoms in total. The van der Waals surface area contributed by atoms with Crippen molar-refractivity contribution < 1.29 is 56.8 Å². The molecule has 0 saturated carbocycles. The summed E-state index contributed by atoms with van der Waals surface area (Å²) in [5.74, 6) is 0.429. The van der Waals surface area contributed by atoms with E-state index >= 15 is 0 Å². The number of hydrogen-bond acceptors (Lipinski definition) is 16. The molecule has 0 bridgehead atoms. The van der Waals surface area contributed by atoms with Gasteiger partial charge in [0.25, 0.3) is 5.91 Å². The first-order valence-electron chi connectivity index (χ1n) is 27.0. The van der Waals surface area contributed by atoms with Gasteiger partial charge in [0.1, 0.15) is 11.5 Å². The van der Waals surface area contributed by atoms with Crippen molar-refractivity contribution >= 4 is 76.2 Å². The number of halogens is 1. The number of unbranched alkanes of at least 4 members (excludes halogenated alkanes) is 1. The third-order valence-electron chi connectivity index (χ3n) is 12.4. The van der Waals surface area contributed by atoms with E-state index in [0.29, 0.717) is 124 Å². The van der Waals surface area contributed by atoms with Crippen molar-refractivity contribution in [2.75, 3.05) is 108 Å². The van der Waals surface area contributed by atoms with E-state index in [2.05, 4.69) is 59.1 Å². The zero-order chi connectivity index (χ0) is 56.7. The van der Waals surface area contributed by atoms with Crippen LogP contribution in [0.15, 0.2) is 91.6 Å². The number of nitrogens with zero attached hydrogens (tertiary/aromatic N) is 3. The predicted octanol–water partition coefficient (Wildman–Crippen LogP) is 6.18. The Labute approximate surface area is 470 Å². The molecule has 80 heavy (non-hydrogen) atoms. The molecule has 2 fully saturated rings. The Hall–Kier alpha value is -7.38. The van der Waals surface area contributed by atoms with Crippen molar-refractivity contribution in [3.8, 4) is 11.5 Å². The molecule has 24 heteroatoms.